The minimum Gasteiger partial charge on any atom is -0.371 e. The second kappa shape index (κ2) is 2.86. The number of nitrogens with zero attached hydrogens (tertiary/aromatic N) is 2. The molecule has 0 saturated carbocycles. The van der Waals surface area contributed by atoms with Crippen LogP contribution in [-0.4, -0.2) is 17.2 Å². The van der Waals surface area contributed by atoms with E-state index in [2.05, 4.69) is 22.4 Å². The summed E-state index contributed by atoms with van der Waals surface area (Å²) in [6.07, 6.45) is 0. The molecule has 0 aliphatic carbocycles. The maximum Gasteiger partial charge on any atom is 0.151 e. The predicted molar refractivity (Wildman–Crippen MR) is 45.8 cm³/mol. The molecule has 0 aliphatic heterocycles. The van der Waals surface area contributed by atoms with Gasteiger partial charge in [-0.3, -0.25) is 0 Å². The van der Waals surface area contributed by atoms with E-state index in [0.717, 1.165) is 11.5 Å². The lowest BCUT2D eigenvalue weighted by atomic mass is 10.1. The van der Waals surface area contributed by atoms with E-state index in [1.54, 1.807) is 0 Å². The fraction of sp³-hybridized carbons (Fsp3) is 0.500. The van der Waals surface area contributed by atoms with Crippen LogP contribution in [0.3, 0.4) is 0 Å². The van der Waals surface area contributed by atoms with Crippen molar-refractivity contribution in [3.63, 3.8) is 0 Å². The van der Waals surface area contributed by atoms with Crippen LogP contribution in [0.1, 0.15) is 16.8 Å². The molecule has 11 heavy (non-hydrogen) atoms. The van der Waals surface area contributed by atoms with Gasteiger partial charge in [-0.2, -0.15) is 5.10 Å². The first-order chi connectivity index (χ1) is 5.16. The first-order valence-electron chi connectivity index (χ1n) is 3.65. The molecule has 1 heterocycles. The van der Waals surface area contributed by atoms with E-state index in [4.69, 9.17) is 0 Å². The molecule has 0 unspecified atom stereocenters. The van der Waals surface area contributed by atoms with Gasteiger partial charge in [0, 0.05) is 7.05 Å². The molecule has 0 atom stereocenters. The van der Waals surface area contributed by atoms with Gasteiger partial charge in [-0.05, 0) is 31.9 Å². The Balaban J connectivity index is 3.25. The van der Waals surface area contributed by atoms with Crippen LogP contribution in [0.4, 0.5) is 5.82 Å². The van der Waals surface area contributed by atoms with Crippen molar-refractivity contribution in [1.82, 2.24) is 10.2 Å². The normalized spacial score (nSPS) is 9.82. The molecule has 0 radical (unpaired) electrons. The summed E-state index contributed by atoms with van der Waals surface area (Å²) in [6, 6.07) is 0. The zero-order valence-electron chi connectivity index (χ0n) is 7.39. The van der Waals surface area contributed by atoms with E-state index in [1.165, 1.54) is 11.1 Å². The van der Waals surface area contributed by atoms with Gasteiger partial charge in [0.05, 0.1) is 5.69 Å². The first-order valence-corrected chi connectivity index (χ1v) is 3.65. The van der Waals surface area contributed by atoms with E-state index in [1.807, 2.05) is 20.9 Å². The van der Waals surface area contributed by atoms with E-state index >= 15 is 0 Å². The average molecular weight is 151 g/mol. The van der Waals surface area contributed by atoms with E-state index in [9.17, 15) is 0 Å². The number of aryl methyl sites for hydroxylation is 1. The fourth-order valence-corrected chi connectivity index (χ4v) is 0.961. The molecule has 0 aromatic carbocycles. The van der Waals surface area contributed by atoms with Crippen LogP contribution in [0.5, 0.6) is 0 Å². The van der Waals surface area contributed by atoms with Crippen molar-refractivity contribution < 1.29 is 0 Å². The summed E-state index contributed by atoms with van der Waals surface area (Å²) < 4.78 is 0. The van der Waals surface area contributed by atoms with Crippen LogP contribution in [0.2, 0.25) is 0 Å². The number of rotatable bonds is 1. The van der Waals surface area contributed by atoms with Crippen LogP contribution < -0.4 is 5.32 Å². The van der Waals surface area contributed by atoms with Crippen molar-refractivity contribution in [3.05, 3.63) is 16.8 Å². The summed E-state index contributed by atoms with van der Waals surface area (Å²) in [7, 11) is 1.85. The highest BCUT2D eigenvalue weighted by Crippen LogP contribution is 2.15. The van der Waals surface area contributed by atoms with Crippen LogP contribution in [0, 0.1) is 20.8 Å². The van der Waals surface area contributed by atoms with Gasteiger partial charge in [0.1, 0.15) is 0 Å². The summed E-state index contributed by atoms with van der Waals surface area (Å²) in [5, 5.41) is 11.0. The monoisotopic (exact) mass is 151 g/mol. The van der Waals surface area contributed by atoms with Gasteiger partial charge in [-0.1, -0.05) is 0 Å². The SMILES string of the molecule is CNc1nnc(C)c(C)c1C. The summed E-state index contributed by atoms with van der Waals surface area (Å²) in [6.45, 7) is 6.07. The Bertz CT molecular complexity index is 268. The maximum atomic E-state index is 4.00. The predicted octanol–water partition coefficient (Wildman–Crippen LogP) is 1.44. The smallest absolute Gasteiger partial charge is 0.151 e. The highest BCUT2D eigenvalue weighted by molar-refractivity contribution is 5.46. The Morgan fingerprint density at radius 1 is 1.00 bits per heavy atom. The zero-order chi connectivity index (χ0) is 8.43. The molecule has 0 saturated heterocycles. The molecule has 1 aromatic heterocycles. The van der Waals surface area contributed by atoms with Crippen molar-refractivity contribution in [2.75, 3.05) is 12.4 Å². The van der Waals surface area contributed by atoms with Crippen molar-refractivity contribution in [3.8, 4) is 0 Å². The molecule has 60 valence electrons. The van der Waals surface area contributed by atoms with Crippen LogP contribution in [0.25, 0.3) is 0 Å². The number of nitrogens with one attached hydrogen (secondary N) is 1. The molecule has 0 aliphatic rings. The molecule has 0 bridgehead atoms. The Hall–Kier alpha value is -1.12. The molecule has 3 nitrogen and oxygen atoms in total. The van der Waals surface area contributed by atoms with E-state index in [0.29, 0.717) is 0 Å². The third kappa shape index (κ3) is 1.31. The quantitative estimate of drug-likeness (QED) is 0.660. The molecule has 0 spiro atoms. The average Bonchev–Trinajstić information content (AvgIpc) is 2.01. The van der Waals surface area contributed by atoms with E-state index in [-0.39, 0.29) is 0 Å². The Kier molecular flexibility index (Phi) is 2.08. The summed E-state index contributed by atoms with van der Waals surface area (Å²) in [5.74, 6) is 0.869. The number of anilines is 1. The second-order valence-electron chi connectivity index (χ2n) is 2.63. The molecular formula is C8H13N3. The van der Waals surface area contributed by atoms with Crippen LogP contribution >= 0.6 is 0 Å². The lowest BCUT2D eigenvalue weighted by Gasteiger charge is -2.06. The second-order valence-corrected chi connectivity index (χ2v) is 2.63. The van der Waals surface area contributed by atoms with Gasteiger partial charge in [-0.25, -0.2) is 0 Å². The standard InChI is InChI=1S/C8H13N3/c1-5-6(2)8(9-4)11-10-7(5)3/h1-4H3,(H,9,11). The Morgan fingerprint density at radius 3 is 2.18 bits per heavy atom. The molecular weight excluding hydrogens is 138 g/mol. The van der Waals surface area contributed by atoms with Gasteiger partial charge in [0.15, 0.2) is 5.82 Å². The van der Waals surface area contributed by atoms with Gasteiger partial charge < -0.3 is 5.32 Å². The Labute approximate surface area is 66.8 Å². The topological polar surface area (TPSA) is 37.8 Å². The van der Waals surface area contributed by atoms with Gasteiger partial charge >= 0.3 is 0 Å². The number of hydrogen-bond donors (Lipinski definition) is 1. The lowest BCUT2D eigenvalue weighted by Crippen LogP contribution is -2.02. The zero-order valence-corrected chi connectivity index (χ0v) is 7.39. The van der Waals surface area contributed by atoms with Crippen LogP contribution in [0.15, 0.2) is 0 Å². The number of hydrogen-bond acceptors (Lipinski definition) is 3. The lowest BCUT2D eigenvalue weighted by molar-refractivity contribution is 0.947. The molecule has 1 aromatic rings. The van der Waals surface area contributed by atoms with Crippen molar-refractivity contribution in [1.29, 1.82) is 0 Å². The first kappa shape index (κ1) is 7.98. The summed E-state index contributed by atoms with van der Waals surface area (Å²) in [4.78, 5) is 0. The third-order valence-corrected chi connectivity index (χ3v) is 2.00. The van der Waals surface area contributed by atoms with Crippen LogP contribution in [-0.2, 0) is 0 Å². The maximum absolute atomic E-state index is 4.00. The molecule has 1 N–H and O–H groups in total. The van der Waals surface area contributed by atoms with Gasteiger partial charge in [0.25, 0.3) is 0 Å². The molecule has 0 amide bonds. The van der Waals surface area contributed by atoms with Crippen molar-refractivity contribution in [2.24, 2.45) is 0 Å². The minimum atomic E-state index is 0.869. The van der Waals surface area contributed by atoms with E-state index < -0.39 is 0 Å². The highest BCUT2D eigenvalue weighted by Gasteiger charge is 2.03. The summed E-state index contributed by atoms with van der Waals surface area (Å²) in [5.41, 5.74) is 3.39. The van der Waals surface area contributed by atoms with Crippen molar-refractivity contribution >= 4 is 5.82 Å². The fourth-order valence-electron chi connectivity index (χ4n) is 0.961. The largest absolute Gasteiger partial charge is 0.371 e. The third-order valence-electron chi connectivity index (χ3n) is 2.00. The Morgan fingerprint density at radius 2 is 1.64 bits per heavy atom. The van der Waals surface area contributed by atoms with Gasteiger partial charge in [0.2, 0.25) is 0 Å². The van der Waals surface area contributed by atoms with Gasteiger partial charge in [-0.15, -0.1) is 5.10 Å². The molecule has 3 heteroatoms. The molecule has 1 rings (SSSR count). The summed E-state index contributed by atoms with van der Waals surface area (Å²) >= 11 is 0. The van der Waals surface area contributed by atoms with Crippen molar-refractivity contribution in [2.45, 2.75) is 20.8 Å². The minimum absolute atomic E-state index is 0.869. The molecule has 0 fully saturated rings. The number of aromatic nitrogens is 2. The highest BCUT2D eigenvalue weighted by atomic mass is 15.2.